The van der Waals surface area contributed by atoms with Crippen molar-refractivity contribution in [3.05, 3.63) is 0 Å². The van der Waals surface area contributed by atoms with Gasteiger partial charge in [-0.2, -0.15) is 0 Å². The quantitative estimate of drug-likeness (QED) is 0.562. The summed E-state index contributed by atoms with van der Waals surface area (Å²) in [5.74, 6) is 0. The fraction of sp³-hybridized carbons (Fsp3) is 1.00. The normalized spacial score (nSPS) is 13.1. The van der Waals surface area contributed by atoms with E-state index in [1.165, 1.54) is 18.1 Å². The number of rotatable bonds is 6. The van der Waals surface area contributed by atoms with Crippen molar-refractivity contribution >= 4 is 17.6 Å². The van der Waals surface area contributed by atoms with Gasteiger partial charge in [0.05, 0.1) is 8.07 Å². The molecule has 0 aromatic rings. The molecule has 0 saturated carbocycles. The van der Waals surface area contributed by atoms with Crippen LogP contribution < -0.4 is 0 Å². The summed E-state index contributed by atoms with van der Waals surface area (Å²) >= 11 is 0. The van der Waals surface area contributed by atoms with Gasteiger partial charge in [-0.3, -0.25) is 0 Å². The molecule has 0 aliphatic carbocycles. The van der Waals surface area contributed by atoms with Gasteiger partial charge in [0, 0.05) is 9.52 Å². The van der Waals surface area contributed by atoms with Crippen molar-refractivity contribution < 1.29 is 0 Å². The molecular formula is C9H24Si2. The van der Waals surface area contributed by atoms with Crippen molar-refractivity contribution in [1.82, 2.24) is 0 Å². The first-order valence-electron chi connectivity index (χ1n) is 5.24. The molecule has 0 spiro atoms. The second-order valence-electron chi connectivity index (χ2n) is 3.66. The first-order valence-corrected chi connectivity index (χ1v) is 10.5. The molecule has 11 heavy (non-hydrogen) atoms. The maximum absolute atomic E-state index is 2.44. The van der Waals surface area contributed by atoms with Gasteiger partial charge >= 0.3 is 0 Å². The maximum Gasteiger partial charge on any atom is 0.0524 e. The van der Waals surface area contributed by atoms with Crippen LogP contribution in [0.25, 0.3) is 0 Å². The van der Waals surface area contributed by atoms with Gasteiger partial charge in [-0.25, -0.2) is 0 Å². The second kappa shape index (κ2) is 6.01. The lowest BCUT2D eigenvalue weighted by molar-refractivity contribution is 1.11. The molecule has 0 aliphatic heterocycles. The molecule has 0 radical (unpaired) electrons. The van der Waals surface area contributed by atoms with E-state index >= 15 is 0 Å². The molecule has 0 rings (SSSR count). The van der Waals surface area contributed by atoms with E-state index in [1.54, 1.807) is 12.1 Å². The van der Waals surface area contributed by atoms with Crippen LogP contribution in [0.1, 0.15) is 20.8 Å². The van der Waals surface area contributed by atoms with E-state index in [1.807, 2.05) is 0 Å². The molecule has 0 aromatic carbocycles. The van der Waals surface area contributed by atoms with E-state index in [-0.39, 0.29) is 0 Å². The highest BCUT2D eigenvalue weighted by atomic mass is 28.3. The highest BCUT2D eigenvalue weighted by Gasteiger charge is 2.24. The Kier molecular flexibility index (Phi) is 6.24. The Hall–Kier alpha value is 0.434. The topological polar surface area (TPSA) is 0 Å². The summed E-state index contributed by atoms with van der Waals surface area (Å²) in [5.41, 5.74) is 0. The summed E-state index contributed by atoms with van der Waals surface area (Å²) < 4.78 is 0. The lowest BCUT2D eigenvalue weighted by Gasteiger charge is -2.27. The molecule has 0 nitrogen and oxygen atoms in total. The summed E-state index contributed by atoms with van der Waals surface area (Å²) in [5, 5.41) is 0. The summed E-state index contributed by atoms with van der Waals surface area (Å²) in [4.78, 5) is 0. The molecule has 0 unspecified atom stereocenters. The lowest BCUT2D eigenvalue weighted by Crippen LogP contribution is -2.30. The van der Waals surface area contributed by atoms with Gasteiger partial charge in [0.2, 0.25) is 0 Å². The van der Waals surface area contributed by atoms with Crippen molar-refractivity contribution in [1.29, 1.82) is 0 Å². The SMILES string of the molecule is CC[Si](CC)(CC)CC[SiH2]C. The van der Waals surface area contributed by atoms with E-state index in [4.69, 9.17) is 0 Å². The molecule has 0 aromatic heterocycles. The predicted molar refractivity (Wildman–Crippen MR) is 61.2 cm³/mol. The molecule has 0 aliphatic rings. The minimum Gasteiger partial charge on any atom is -0.0748 e. The van der Waals surface area contributed by atoms with Crippen molar-refractivity contribution in [2.45, 2.75) is 57.5 Å². The lowest BCUT2D eigenvalue weighted by atomic mass is 10.9. The Morgan fingerprint density at radius 2 is 1.45 bits per heavy atom. The number of hydrogen-bond donors (Lipinski definition) is 0. The van der Waals surface area contributed by atoms with Crippen LogP contribution in [0, 0.1) is 0 Å². The van der Waals surface area contributed by atoms with Gasteiger partial charge < -0.3 is 0 Å². The molecule has 0 N–H and O–H groups in total. The van der Waals surface area contributed by atoms with E-state index in [2.05, 4.69) is 27.3 Å². The molecule has 0 amide bonds. The van der Waals surface area contributed by atoms with Crippen LogP contribution >= 0.6 is 0 Å². The summed E-state index contributed by atoms with van der Waals surface area (Å²) in [6.07, 6.45) is 0. The first kappa shape index (κ1) is 11.4. The minimum absolute atomic E-state index is 0.341. The van der Waals surface area contributed by atoms with Crippen LogP contribution in [0.3, 0.4) is 0 Å². The van der Waals surface area contributed by atoms with Gasteiger partial charge in [0.15, 0.2) is 0 Å². The van der Waals surface area contributed by atoms with Crippen LogP contribution in [-0.2, 0) is 0 Å². The molecule has 0 fully saturated rings. The Labute approximate surface area is 75.6 Å². The van der Waals surface area contributed by atoms with Crippen molar-refractivity contribution in [2.24, 2.45) is 0 Å². The Balaban J connectivity index is 3.84. The number of hydrogen-bond acceptors (Lipinski definition) is 0. The van der Waals surface area contributed by atoms with Crippen molar-refractivity contribution in [3.8, 4) is 0 Å². The maximum atomic E-state index is 2.44. The second-order valence-corrected chi connectivity index (χ2v) is 11.0. The van der Waals surface area contributed by atoms with Crippen LogP contribution in [0.4, 0.5) is 0 Å². The van der Waals surface area contributed by atoms with E-state index < -0.39 is 8.07 Å². The smallest absolute Gasteiger partial charge is 0.0524 e. The summed E-state index contributed by atoms with van der Waals surface area (Å²) in [7, 11) is -0.363. The van der Waals surface area contributed by atoms with Crippen LogP contribution in [-0.4, -0.2) is 17.6 Å². The summed E-state index contributed by atoms with van der Waals surface area (Å²) in [6.45, 7) is 9.68. The van der Waals surface area contributed by atoms with Gasteiger partial charge in [-0.05, 0) is 0 Å². The Morgan fingerprint density at radius 3 is 1.73 bits per heavy atom. The zero-order valence-electron chi connectivity index (χ0n) is 8.74. The molecule has 0 saturated heterocycles. The van der Waals surface area contributed by atoms with Crippen molar-refractivity contribution in [3.63, 3.8) is 0 Å². The van der Waals surface area contributed by atoms with Gasteiger partial charge in [-0.15, -0.1) is 0 Å². The third kappa shape index (κ3) is 3.56. The average molecular weight is 188 g/mol. The molecule has 68 valence electrons. The van der Waals surface area contributed by atoms with Gasteiger partial charge in [-0.1, -0.05) is 57.5 Å². The van der Waals surface area contributed by atoms with E-state index in [0.29, 0.717) is 9.52 Å². The highest BCUT2D eigenvalue weighted by molar-refractivity contribution is 6.80. The highest BCUT2D eigenvalue weighted by Crippen LogP contribution is 2.26. The van der Waals surface area contributed by atoms with E-state index in [9.17, 15) is 0 Å². The summed E-state index contributed by atoms with van der Waals surface area (Å²) in [6, 6.07) is 7.82. The average Bonchev–Trinajstić information content (AvgIpc) is 2.08. The zero-order chi connectivity index (χ0) is 8.74. The minimum atomic E-state index is -0.704. The molecule has 0 heterocycles. The molecule has 0 bridgehead atoms. The Morgan fingerprint density at radius 1 is 1.00 bits per heavy atom. The van der Waals surface area contributed by atoms with Crippen LogP contribution in [0.5, 0.6) is 0 Å². The van der Waals surface area contributed by atoms with Gasteiger partial charge in [0.25, 0.3) is 0 Å². The van der Waals surface area contributed by atoms with Crippen LogP contribution in [0.2, 0.25) is 36.8 Å². The molecular weight excluding hydrogens is 164 g/mol. The monoisotopic (exact) mass is 188 g/mol. The fourth-order valence-electron chi connectivity index (χ4n) is 1.83. The van der Waals surface area contributed by atoms with Gasteiger partial charge in [0.1, 0.15) is 0 Å². The van der Waals surface area contributed by atoms with Crippen molar-refractivity contribution in [2.75, 3.05) is 0 Å². The third-order valence-corrected chi connectivity index (χ3v) is 11.0. The largest absolute Gasteiger partial charge is 0.0748 e. The van der Waals surface area contributed by atoms with Crippen LogP contribution in [0.15, 0.2) is 0 Å². The predicted octanol–water partition coefficient (Wildman–Crippen LogP) is 3.13. The van der Waals surface area contributed by atoms with E-state index in [0.717, 1.165) is 0 Å². The fourth-order valence-corrected chi connectivity index (χ4v) is 8.81. The zero-order valence-corrected chi connectivity index (χ0v) is 11.2. The first-order chi connectivity index (χ1) is 5.24. The standard InChI is InChI=1S/C9H24Si2/c1-5-11(6-2,7-3)9-8-10-4/h5-10H2,1-4H3. The Bertz CT molecular complexity index is 79.3. The third-order valence-electron chi connectivity index (χ3n) is 3.31. The molecule has 2 heteroatoms. The molecule has 0 atom stereocenters.